The van der Waals surface area contributed by atoms with Crippen molar-refractivity contribution >= 4 is 28.2 Å². The highest BCUT2D eigenvalue weighted by atomic mass is 32.1. The summed E-state index contributed by atoms with van der Waals surface area (Å²) in [5, 5.41) is 5.04. The van der Waals surface area contributed by atoms with Gasteiger partial charge in [0, 0.05) is 31.3 Å². The number of methoxy groups -OCH3 is 1. The second-order valence-electron chi connectivity index (χ2n) is 7.99. The maximum atomic E-state index is 12.8. The van der Waals surface area contributed by atoms with Gasteiger partial charge in [-0.1, -0.05) is 44.2 Å². The molecule has 0 amide bonds. The van der Waals surface area contributed by atoms with Crippen molar-refractivity contribution in [1.82, 2.24) is 20.1 Å². The fourth-order valence-corrected chi connectivity index (χ4v) is 4.06. The number of rotatable bonds is 11. The fraction of sp³-hybridized carbons (Fsp3) is 0.385. The van der Waals surface area contributed by atoms with Crippen LogP contribution in [0.15, 0.2) is 59.4 Å². The lowest BCUT2D eigenvalue weighted by Gasteiger charge is -2.29. The molecule has 0 aliphatic heterocycles. The molecular formula is C26H34N4O2S. The van der Waals surface area contributed by atoms with Crippen LogP contribution in [0.1, 0.15) is 25.0 Å². The molecule has 0 saturated carbocycles. The summed E-state index contributed by atoms with van der Waals surface area (Å²) in [5.74, 6) is 0.718. The molecule has 0 saturated heterocycles. The number of H-pyrrole nitrogens is 1. The molecule has 0 spiro atoms. The maximum absolute atomic E-state index is 12.8. The zero-order valence-corrected chi connectivity index (χ0v) is 20.6. The summed E-state index contributed by atoms with van der Waals surface area (Å²) in [7, 11) is 1.62. The van der Waals surface area contributed by atoms with Gasteiger partial charge in [0.2, 0.25) is 0 Å². The Labute approximate surface area is 201 Å². The summed E-state index contributed by atoms with van der Waals surface area (Å²) in [6, 6.07) is 18.0. The lowest BCUT2D eigenvalue weighted by atomic mass is 10.1. The zero-order chi connectivity index (χ0) is 23.6. The highest BCUT2D eigenvalue weighted by Gasteiger charge is 2.15. The Kier molecular flexibility index (Phi) is 9.27. The first-order valence-corrected chi connectivity index (χ1v) is 11.9. The number of fused-ring (bicyclic) bond motifs is 1. The van der Waals surface area contributed by atoms with E-state index in [1.54, 1.807) is 7.11 Å². The second-order valence-corrected chi connectivity index (χ2v) is 8.38. The molecule has 0 atom stereocenters. The van der Waals surface area contributed by atoms with E-state index in [2.05, 4.69) is 46.1 Å². The summed E-state index contributed by atoms with van der Waals surface area (Å²) in [4.78, 5) is 20.3. The summed E-state index contributed by atoms with van der Waals surface area (Å²) >= 11 is 5.75. The van der Waals surface area contributed by atoms with E-state index in [1.807, 2.05) is 42.5 Å². The van der Waals surface area contributed by atoms with Crippen LogP contribution in [0, 0.1) is 0 Å². The molecule has 7 heteroatoms. The van der Waals surface area contributed by atoms with Crippen molar-refractivity contribution < 1.29 is 4.74 Å². The van der Waals surface area contributed by atoms with Crippen LogP contribution in [0.25, 0.3) is 10.9 Å². The molecule has 2 aromatic carbocycles. The van der Waals surface area contributed by atoms with Crippen LogP contribution >= 0.6 is 12.2 Å². The van der Waals surface area contributed by atoms with Crippen LogP contribution in [-0.2, 0) is 13.0 Å². The van der Waals surface area contributed by atoms with Crippen LogP contribution in [0.5, 0.6) is 5.75 Å². The van der Waals surface area contributed by atoms with E-state index in [0.29, 0.717) is 17.2 Å². The Bertz CT molecular complexity index is 1100. The Morgan fingerprint density at radius 2 is 1.82 bits per heavy atom. The van der Waals surface area contributed by atoms with E-state index in [4.69, 9.17) is 17.0 Å². The zero-order valence-electron chi connectivity index (χ0n) is 19.8. The number of likely N-dealkylation sites (N-methyl/N-ethyl adjacent to an activating group) is 1. The minimum Gasteiger partial charge on any atom is -0.497 e. The van der Waals surface area contributed by atoms with E-state index in [-0.39, 0.29) is 5.56 Å². The van der Waals surface area contributed by atoms with Crippen LogP contribution in [0.3, 0.4) is 0 Å². The highest BCUT2D eigenvalue weighted by molar-refractivity contribution is 7.80. The molecule has 0 unspecified atom stereocenters. The molecular weight excluding hydrogens is 432 g/mol. The molecule has 6 nitrogen and oxygen atoms in total. The molecule has 3 rings (SSSR count). The lowest BCUT2D eigenvalue weighted by molar-refractivity contribution is 0.263. The van der Waals surface area contributed by atoms with Gasteiger partial charge < -0.3 is 24.8 Å². The average Bonchev–Trinajstić information content (AvgIpc) is 2.84. The van der Waals surface area contributed by atoms with E-state index in [0.717, 1.165) is 55.8 Å². The van der Waals surface area contributed by atoms with Gasteiger partial charge in [0.25, 0.3) is 5.56 Å². The van der Waals surface area contributed by atoms with Gasteiger partial charge in [-0.3, -0.25) is 4.79 Å². The molecule has 0 aliphatic carbocycles. The number of pyridine rings is 1. The van der Waals surface area contributed by atoms with E-state index >= 15 is 0 Å². The van der Waals surface area contributed by atoms with Crippen molar-refractivity contribution in [2.24, 2.45) is 0 Å². The van der Waals surface area contributed by atoms with Crippen molar-refractivity contribution in [3.05, 3.63) is 76.1 Å². The standard InChI is InChI=1S/C26H34N4O2S/c1-4-29(5-2)15-16-30(26(33)27-14-13-20-9-7-6-8-10-20)19-22-17-21-11-12-23(32-3)18-24(21)28-25(22)31/h6-12,17-18H,4-5,13-16,19H2,1-3H3,(H,27,33)(H,28,31). The number of ether oxygens (including phenoxy) is 1. The Balaban J connectivity index is 1.74. The molecule has 0 bridgehead atoms. The molecule has 0 fully saturated rings. The van der Waals surface area contributed by atoms with Crippen molar-refractivity contribution in [3.8, 4) is 5.75 Å². The number of aromatic nitrogens is 1. The van der Waals surface area contributed by atoms with Crippen LogP contribution in [-0.4, -0.2) is 59.7 Å². The molecule has 0 aliphatic rings. The Morgan fingerprint density at radius 1 is 1.06 bits per heavy atom. The quantitative estimate of drug-likeness (QED) is 0.419. The van der Waals surface area contributed by atoms with Gasteiger partial charge in [-0.25, -0.2) is 0 Å². The number of aromatic amines is 1. The number of nitrogens with one attached hydrogen (secondary N) is 2. The van der Waals surface area contributed by atoms with E-state index < -0.39 is 0 Å². The van der Waals surface area contributed by atoms with Gasteiger partial charge in [0.1, 0.15) is 5.75 Å². The minimum absolute atomic E-state index is 0.101. The third kappa shape index (κ3) is 7.04. The number of thiocarbonyl (C=S) groups is 1. The third-order valence-electron chi connectivity index (χ3n) is 5.89. The Morgan fingerprint density at radius 3 is 2.52 bits per heavy atom. The smallest absolute Gasteiger partial charge is 0.253 e. The number of hydrogen-bond donors (Lipinski definition) is 2. The molecule has 176 valence electrons. The molecule has 2 N–H and O–H groups in total. The highest BCUT2D eigenvalue weighted by Crippen LogP contribution is 2.19. The van der Waals surface area contributed by atoms with Crippen molar-refractivity contribution in [1.29, 1.82) is 0 Å². The van der Waals surface area contributed by atoms with Gasteiger partial charge >= 0.3 is 0 Å². The van der Waals surface area contributed by atoms with Crippen molar-refractivity contribution in [3.63, 3.8) is 0 Å². The third-order valence-corrected chi connectivity index (χ3v) is 6.29. The van der Waals surface area contributed by atoms with Crippen molar-refractivity contribution in [2.75, 3.05) is 39.8 Å². The van der Waals surface area contributed by atoms with Gasteiger partial charge in [0.05, 0.1) is 19.2 Å². The second kappa shape index (κ2) is 12.4. The monoisotopic (exact) mass is 466 g/mol. The lowest BCUT2D eigenvalue weighted by Crippen LogP contribution is -2.44. The SMILES string of the molecule is CCN(CC)CCN(Cc1cc2ccc(OC)cc2[nH]c1=O)C(=S)NCCc1ccccc1. The van der Waals surface area contributed by atoms with E-state index in [9.17, 15) is 4.79 Å². The largest absolute Gasteiger partial charge is 0.497 e. The summed E-state index contributed by atoms with van der Waals surface area (Å²) < 4.78 is 5.27. The van der Waals surface area contributed by atoms with E-state index in [1.165, 1.54) is 5.56 Å². The van der Waals surface area contributed by atoms with Gasteiger partial charge in [0.15, 0.2) is 5.11 Å². The summed E-state index contributed by atoms with van der Waals surface area (Å²) in [5.41, 5.74) is 2.63. The first-order chi connectivity index (χ1) is 16.0. The number of nitrogens with zero attached hydrogens (tertiary/aromatic N) is 2. The fourth-order valence-electron chi connectivity index (χ4n) is 3.80. The van der Waals surface area contributed by atoms with Crippen LogP contribution in [0.2, 0.25) is 0 Å². The summed E-state index contributed by atoms with van der Waals surface area (Å²) in [6.07, 6.45) is 0.892. The maximum Gasteiger partial charge on any atom is 0.253 e. The topological polar surface area (TPSA) is 60.6 Å². The van der Waals surface area contributed by atoms with Crippen LogP contribution in [0.4, 0.5) is 0 Å². The molecule has 0 radical (unpaired) electrons. The molecule has 33 heavy (non-hydrogen) atoms. The normalized spacial score (nSPS) is 11.0. The molecule has 1 heterocycles. The molecule has 1 aromatic heterocycles. The average molecular weight is 467 g/mol. The summed E-state index contributed by atoms with van der Waals surface area (Å²) in [6.45, 7) is 9.12. The van der Waals surface area contributed by atoms with Gasteiger partial charge in [-0.15, -0.1) is 0 Å². The van der Waals surface area contributed by atoms with Gasteiger partial charge in [-0.2, -0.15) is 0 Å². The van der Waals surface area contributed by atoms with Crippen LogP contribution < -0.4 is 15.6 Å². The number of benzene rings is 2. The minimum atomic E-state index is -0.101. The number of hydrogen-bond acceptors (Lipinski definition) is 4. The first-order valence-electron chi connectivity index (χ1n) is 11.5. The molecule has 3 aromatic rings. The van der Waals surface area contributed by atoms with Gasteiger partial charge in [-0.05, 0) is 60.9 Å². The Hall–Kier alpha value is -2.90. The predicted molar refractivity (Wildman–Crippen MR) is 140 cm³/mol. The first kappa shape index (κ1) is 24.7. The predicted octanol–water partition coefficient (Wildman–Crippen LogP) is 3.80. The van der Waals surface area contributed by atoms with Crippen molar-refractivity contribution in [2.45, 2.75) is 26.8 Å².